The molecule has 0 fully saturated rings. The van der Waals surface area contributed by atoms with Gasteiger partial charge in [0, 0.05) is 25.7 Å². The van der Waals surface area contributed by atoms with Crippen molar-refractivity contribution in [1.29, 1.82) is 0 Å². The number of hydrogen-bond donors (Lipinski definition) is 2. The van der Waals surface area contributed by atoms with Gasteiger partial charge in [-0.15, -0.1) is 0 Å². The van der Waals surface area contributed by atoms with Gasteiger partial charge in [0.25, 0.3) is 0 Å². The fourth-order valence-corrected chi connectivity index (χ4v) is 7.34. The van der Waals surface area contributed by atoms with E-state index in [2.05, 4.69) is 19.1 Å². The summed E-state index contributed by atoms with van der Waals surface area (Å²) in [5, 5.41) is 33.1. The second-order valence-electron chi connectivity index (χ2n) is 13.7. The predicted octanol–water partition coefficient (Wildman–Crippen LogP) is 9.61. The highest BCUT2D eigenvalue weighted by molar-refractivity contribution is 5.77. The zero-order valence-electron chi connectivity index (χ0n) is 30.5. The zero-order valence-corrected chi connectivity index (χ0v) is 30.5. The van der Waals surface area contributed by atoms with Gasteiger partial charge in [0.1, 0.15) is 6.04 Å². The van der Waals surface area contributed by atoms with Crippen molar-refractivity contribution in [2.45, 2.75) is 213 Å². The Balaban J connectivity index is 4.65. The minimum absolute atomic E-state index is 0.191. The third-order valence-electron chi connectivity index (χ3n) is 9.83. The molecule has 2 N–H and O–H groups in total. The second-order valence-corrected chi connectivity index (χ2v) is 13.7. The lowest BCUT2D eigenvalue weighted by Crippen LogP contribution is -2.74. The van der Waals surface area contributed by atoms with Crippen molar-refractivity contribution in [3.63, 3.8) is 0 Å². The van der Waals surface area contributed by atoms with Crippen molar-refractivity contribution < 1.29 is 34.2 Å². The number of carboxylic acid groups (broad SMARTS) is 3. The Morgan fingerprint density at radius 3 is 1.15 bits per heavy atom. The van der Waals surface area contributed by atoms with Gasteiger partial charge in [0.05, 0.1) is 12.5 Å². The van der Waals surface area contributed by atoms with Crippen molar-refractivity contribution in [2.24, 2.45) is 0 Å². The number of rotatable bonds is 34. The SMILES string of the molecule is CCCCCCCCCCCCCCCCCCC/C=C/CCC[N+](C(CCC)C(=O)[O-])(C(CCC)C(=O)O)C(CCC)C(=O)O. The minimum Gasteiger partial charge on any atom is -0.544 e. The van der Waals surface area contributed by atoms with Crippen molar-refractivity contribution in [1.82, 2.24) is 0 Å². The normalized spacial score (nSPS) is 15.0. The molecule has 7 nitrogen and oxygen atoms in total. The first-order valence-electron chi connectivity index (χ1n) is 19.4. The standard InChI is InChI=1S/C39H73NO6/c1-5-9-10-11-12-13-14-15-16-17-18-19-20-21-22-23-24-25-26-27-28-29-33-40(34(30-6-2)37(41)42,35(31-7-3)38(43)44)36(32-8-4)39(45)46/h26-27,34-36H,5-25,28-33H2,1-4H3,(H2-,41,42,43,44,45,46)/b27-26+. The maximum Gasteiger partial charge on any atom is 0.362 e. The summed E-state index contributed by atoms with van der Waals surface area (Å²) < 4.78 is -0.463. The number of carbonyl (C=O) groups is 3. The van der Waals surface area contributed by atoms with E-state index in [4.69, 9.17) is 0 Å². The third-order valence-corrected chi connectivity index (χ3v) is 9.83. The smallest absolute Gasteiger partial charge is 0.362 e. The number of nitrogens with zero attached hydrogens (tertiary/aromatic N) is 1. The molecule has 0 radical (unpaired) electrons. The van der Waals surface area contributed by atoms with Crippen molar-refractivity contribution in [3.8, 4) is 0 Å². The van der Waals surface area contributed by atoms with Crippen molar-refractivity contribution in [2.75, 3.05) is 6.54 Å². The average molecular weight is 652 g/mol. The van der Waals surface area contributed by atoms with Gasteiger partial charge in [-0.1, -0.05) is 149 Å². The highest BCUT2D eigenvalue weighted by atomic mass is 16.4. The van der Waals surface area contributed by atoms with Crippen LogP contribution in [0.15, 0.2) is 12.2 Å². The molecule has 0 aromatic carbocycles. The molecule has 0 amide bonds. The molecule has 0 heterocycles. The maximum atomic E-state index is 12.6. The van der Waals surface area contributed by atoms with Gasteiger partial charge in [-0.25, -0.2) is 9.59 Å². The van der Waals surface area contributed by atoms with E-state index in [1.165, 1.54) is 103 Å². The Kier molecular flexibility index (Phi) is 28.1. The number of carbonyl (C=O) groups excluding carboxylic acids is 1. The van der Waals surface area contributed by atoms with Crippen LogP contribution in [0.5, 0.6) is 0 Å². The Labute approximate surface area is 283 Å². The molecule has 0 aliphatic rings. The topological polar surface area (TPSA) is 115 Å². The fraction of sp³-hybridized carbons (Fsp3) is 0.872. The van der Waals surface area contributed by atoms with Crippen LogP contribution < -0.4 is 5.11 Å². The van der Waals surface area contributed by atoms with Crippen LogP contribution in [0.2, 0.25) is 0 Å². The highest BCUT2D eigenvalue weighted by Gasteiger charge is 2.54. The minimum atomic E-state index is -1.35. The number of quaternary nitrogens is 1. The van der Waals surface area contributed by atoms with Gasteiger partial charge in [0.15, 0.2) is 12.1 Å². The Morgan fingerprint density at radius 2 is 0.826 bits per heavy atom. The zero-order chi connectivity index (χ0) is 34.5. The number of aliphatic carboxylic acids is 3. The molecule has 0 bridgehead atoms. The van der Waals surface area contributed by atoms with Gasteiger partial charge in [0.2, 0.25) is 0 Å². The molecule has 0 spiro atoms. The lowest BCUT2D eigenvalue weighted by Gasteiger charge is -2.52. The summed E-state index contributed by atoms with van der Waals surface area (Å²) in [4.78, 5) is 37.7. The summed E-state index contributed by atoms with van der Waals surface area (Å²) in [7, 11) is 0. The van der Waals surface area contributed by atoms with E-state index in [0.717, 1.165) is 12.8 Å². The Morgan fingerprint density at radius 1 is 0.500 bits per heavy atom. The molecule has 0 aromatic heterocycles. The van der Waals surface area contributed by atoms with Crippen LogP contribution in [0, 0.1) is 0 Å². The van der Waals surface area contributed by atoms with Crippen LogP contribution >= 0.6 is 0 Å². The molecular formula is C39H73NO6. The van der Waals surface area contributed by atoms with Crippen LogP contribution in [0.1, 0.15) is 195 Å². The van der Waals surface area contributed by atoms with Crippen LogP contribution in [0.25, 0.3) is 0 Å². The van der Waals surface area contributed by atoms with Crippen LogP contribution in [0.3, 0.4) is 0 Å². The van der Waals surface area contributed by atoms with E-state index >= 15 is 0 Å². The number of allylic oxidation sites excluding steroid dienone is 2. The number of hydrogen-bond acceptors (Lipinski definition) is 4. The summed E-state index contributed by atoms with van der Waals surface area (Å²) in [6.45, 7) is 8.02. The molecule has 270 valence electrons. The van der Waals surface area contributed by atoms with Crippen LogP contribution in [0.4, 0.5) is 0 Å². The predicted molar refractivity (Wildman–Crippen MR) is 189 cm³/mol. The molecular weight excluding hydrogens is 578 g/mol. The molecule has 0 aromatic rings. The summed E-state index contributed by atoms with van der Waals surface area (Å²) in [6, 6.07) is -3.39. The van der Waals surface area contributed by atoms with E-state index in [1.807, 2.05) is 20.8 Å². The molecule has 3 unspecified atom stereocenters. The summed E-state index contributed by atoms with van der Waals surface area (Å²) in [5.74, 6) is -3.59. The van der Waals surface area contributed by atoms with Gasteiger partial charge in [-0.05, 0) is 32.1 Å². The van der Waals surface area contributed by atoms with Gasteiger partial charge in [-0.2, -0.15) is 0 Å². The summed E-state index contributed by atoms with van der Waals surface area (Å²) in [6.07, 6.45) is 31.7. The van der Waals surface area contributed by atoms with Gasteiger partial charge >= 0.3 is 11.9 Å². The van der Waals surface area contributed by atoms with E-state index < -0.39 is 40.5 Å². The highest BCUT2D eigenvalue weighted by Crippen LogP contribution is 2.34. The van der Waals surface area contributed by atoms with Crippen molar-refractivity contribution in [3.05, 3.63) is 12.2 Å². The first-order chi connectivity index (χ1) is 22.2. The van der Waals surface area contributed by atoms with Gasteiger partial charge in [-0.3, -0.25) is 4.48 Å². The van der Waals surface area contributed by atoms with E-state index in [0.29, 0.717) is 32.1 Å². The van der Waals surface area contributed by atoms with Gasteiger partial charge < -0.3 is 20.1 Å². The largest absolute Gasteiger partial charge is 0.544 e. The van der Waals surface area contributed by atoms with E-state index in [-0.39, 0.29) is 25.8 Å². The molecule has 0 saturated carbocycles. The number of carboxylic acids is 3. The average Bonchev–Trinajstić information content (AvgIpc) is 3.02. The Hall–Kier alpha value is -1.89. The lowest BCUT2D eigenvalue weighted by molar-refractivity contribution is -0.975. The van der Waals surface area contributed by atoms with Crippen LogP contribution in [-0.2, 0) is 14.4 Å². The number of unbranched alkanes of at least 4 members (excludes halogenated alkanes) is 18. The monoisotopic (exact) mass is 652 g/mol. The first-order valence-corrected chi connectivity index (χ1v) is 19.4. The lowest BCUT2D eigenvalue weighted by atomic mass is 9.91. The van der Waals surface area contributed by atoms with Crippen molar-refractivity contribution >= 4 is 17.9 Å². The molecule has 3 atom stereocenters. The molecule has 0 aliphatic carbocycles. The summed E-state index contributed by atoms with van der Waals surface area (Å²) >= 11 is 0. The molecule has 0 aliphatic heterocycles. The quantitative estimate of drug-likeness (QED) is 0.0407. The molecule has 0 rings (SSSR count). The molecule has 46 heavy (non-hydrogen) atoms. The first kappa shape index (κ1) is 44.1. The van der Waals surface area contributed by atoms with E-state index in [1.54, 1.807) is 0 Å². The second kappa shape index (κ2) is 29.3. The maximum absolute atomic E-state index is 12.6. The Bertz CT molecular complexity index is 738. The molecule has 0 saturated heterocycles. The van der Waals surface area contributed by atoms with E-state index in [9.17, 15) is 29.7 Å². The fourth-order valence-electron chi connectivity index (χ4n) is 7.34. The summed E-state index contributed by atoms with van der Waals surface area (Å²) in [5.41, 5.74) is 0. The third kappa shape index (κ3) is 18.4. The molecule has 7 heteroatoms. The van der Waals surface area contributed by atoms with Crippen LogP contribution in [-0.4, -0.2) is 57.3 Å².